The van der Waals surface area contributed by atoms with E-state index in [2.05, 4.69) is 17.4 Å². The van der Waals surface area contributed by atoms with Gasteiger partial charge in [0.1, 0.15) is 5.56 Å². The van der Waals surface area contributed by atoms with Crippen molar-refractivity contribution in [1.29, 1.82) is 0 Å². The summed E-state index contributed by atoms with van der Waals surface area (Å²) in [6.07, 6.45) is 2.86. The average molecular weight is 325 g/mol. The number of fused-ring (bicyclic) bond motifs is 1. The van der Waals surface area contributed by atoms with Crippen LogP contribution in [-0.4, -0.2) is 17.4 Å². The van der Waals surface area contributed by atoms with E-state index < -0.39 is 10.8 Å². The van der Waals surface area contributed by atoms with E-state index in [1.54, 1.807) is 0 Å². The summed E-state index contributed by atoms with van der Waals surface area (Å²) in [7, 11) is 0. The Morgan fingerprint density at radius 1 is 1.17 bits per heavy atom. The van der Waals surface area contributed by atoms with E-state index in [-0.39, 0.29) is 16.9 Å². The summed E-state index contributed by atoms with van der Waals surface area (Å²) in [6.45, 7) is 0.475. The molecule has 1 amide bonds. The van der Waals surface area contributed by atoms with E-state index in [0.29, 0.717) is 12.5 Å². The Morgan fingerprint density at radius 2 is 1.83 bits per heavy atom. The van der Waals surface area contributed by atoms with Gasteiger partial charge in [-0.15, -0.1) is 0 Å². The van der Waals surface area contributed by atoms with Gasteiger partial charge >= 0.3 is 0 Å². The van der Waals surface area contributed by atoms with Gasteiger partial charge in [0.15, 0.2) is 0 Å². The molecule has 2 aromatic carbocycles. The predicted molar refractivity (Wildman–Crippen MR) is 91.8 cm³/mol. The minimum atomic E-state index is -0.584. The van der Waals surface area contributed by atoms with Crippen LogP contribution in [0.3, 0.4) is 0 Å². The fourth-order valence-corrected chi connectivity index (χ4v) is 3.29. The number of rotatable bonds is 5. The third-order valence-electron chi connectivity index (χ3n) is 4.47. The second-order valence-electron chi connectivity index (χ2n) is 6.09. The number of nitro groups is 1. The lowest BCUT2D eigenvalue weighted by atomic mass is 10.0. The highest BCUT2D eigenvalue weighted by Gasteiger charge is 2.24. The molecule has 3 N–H and O–H groups in total. The van der Waals surface area contributed by atoms with Crippen LogP contribution in [0.2, 0.25) is 0 Å². The smallest absolute Gasteiger partial charge is 0.284 e. The predicted octanol–water partition coefficient (Wildman–Crippen LogP) is 2.71. The number of nitrogens with zero attached hydrogens (tertiary/aromatic N) is 1. The number of hydrogen-bond donors (Lipinski definition) is 2. The molecule has 0 radical (unpaired) electrons. The normalized spacial score (nSPS) is 13.5. The van der Waals surface area contributed by atoms with Gasteiger partial charge in [-0.2, -0.15) is 0 Å². The SMILES string of the molecule is Nc1cccc([N+](=O)[O-])c1C(=O)NCCC1Cc2ccccc2C1. The molecular weight excluding hydrogens is 306 g/mol. The monoisotopic (exact) mass is 325 g/mol. The van der Waals surface area contributed by atoms with E-state index >= 15 is 0 Å². The first-order chi connectivity index (χ1) is 11.6. The van der Waals surface area contributed by atoms with Gasteiger partial charge in [0.25, 0.3) is 11.6 Å². The first kappa shape index (κ1) is 16.0. The third kappa shape index (κ3) is 3.22. The van der Waals surface area contributed by atoms with Crippen molar-refractivity contribution in [2.24, 2.45) is 5.92 Å². The zero-order valence-corrected chi connectivity index (χ0v) is 13.2. The summed E-state index contributed by atoms with van der Waals surface area (Å²) in [5.74, 6) is 0.00103. The number of carbonyl (C=O) groups is 1. The number of benzene rings is 2. The summed E-state index contributed by atoms with van der Waals surface area (Å²) >= 11 is 0. The van der Waals surface area contributed by atoms with Gasteiger partial charge in [-0.3, -0.25) is 14.9 Å². The summed E-state index contributed by atoms with van der Waals surface area (Å²) < 4.78 is 0. The number of nitro benzene ring substituents is 1. The van der Waals surface area contributed by atoms with Gasteiger partial charge < -0.3 is 11.1 Å². The van der Waals surface area contributed by atoms with E-state index in [9.17, 15) is 14.9 Å². The molecule has 0 bridgehead atoms. The van der Waals surface area contributed by atoms with E-state index in [4.69, 9.17) is 5.73 Å². The van der Waals surface area contributed by atoms with Crippen LogP contribution in [0.1, 0.15) is 27.9 Å². The number of anilines is 1. The number of nitrogens with two attached hydrogens (primary N) is 1. The van der Waals surface area contributed by atoms with Crippen LogP contribution in [0.4, 0.5) is 11.4 Å². The topological polar surface area (TPSA) is 98.3 Å². The van der Waals surface area contributed by atoms with Crippen molar-refractivity contribution < 1.29 is 9.72 Å². The highest BCUT2D eigenvalue weighted by Crippen LogP contribution is 2.28. The van der Waals surface area contributed by atoms with Crippen molar-refractivity contribution in [2.75, 3.05) is 12.3 Å². The molecule has 0 spiro atoms. The molecule has 124 valence electrons. The Labute approximate surface area is 139 Å². The van der Waals surface area contributed by atoms with Gasteiger partial charge in [0, 0.05) is 12.6 Å². The molecule has 1 aliphatic carbocycles. The number of nitrogen functional groups attached to an aromatic ring is 1. The highest BCUT2D eigenvalue weighted by molar-refractivity contribution is 6.03. The molecule has 6 heteroatoms. The molecule has 0 saturated heterocycles. The van der Waals surface area contributed by atoms with Crippen molar-refractivity contribution >= 4 is 17.3 Å². The Kier molecular flexibility index (Phi) is 4.46. The molecule has 0 heterocycles. The second-order valence-corrected chi connectivity index (χ2v) is 6.09. The quantitative estimate of drug-likeness (QED) is 0.501. The lowest BCUT2D eigenvalue weighted by Crippen LogP contribution is -2.27. The number of hydrogen-bond acceptors (Lipinski definition) is 4. The second kappa shape index (κ2) is 6.70. The van der Waals surface area contributed by atoms with Crippen molar-refractivity contribution in [2.45, 2.75) is 19.3 Å². The molecule has 24 heavy (non-hydrogen) atoms. The van der Waals surface area contributed by atoms with Crippen LogP contribution in [0.15, 0.2) is 42.5 Å². The number of amides is 1. The molecular formula is C18H19N3O3. The summed E-state index contributed by atoms with van der Waals surface area (Å²) in [6, 6.07) is 12.6. The molecule has 1 aliphatic rings. The van der Waals surface area contributed by atoms with E-state index in [0.717, 1.165) is 19.3 Å². The fourth-order valence-electron chi connectivity index (χ4n) is 3.29. The van der Waals surface area contributed by atoms with Gasteiger partial charge in [-0.25, -0.2) is 0 Å². The minimum Gasteiger partial charge on any atom is -0.398 e. The molecule has 0 aromatic heterocycles. The maximum absolute atomic E-state index is 12.3. The summed E-state index contributed by atoms with van der Waals surface area (Å²) in [4.78, 5) is 22.8. The largest absolute Gasteiger partial charge is 0.398 e. The van der Waals surface area contributed by atoms with Gasteiger partial charge in [-0.1, -0.05) is 30.3 Å². The van der Waals surface area contributed by atoms with Crippen LogP contribution < -0.4 is 11.1 Å². The van der Waals surface area contributed by atoms with Crippen LogP contribution in [0, 0.1) is 16.0 Å². The molecule has 0 fully saturated rings. The zero-order chi connectivity index (χ0) is 17.1. The molecule has 0 saturated carbocycles. The van der Waals surface area contributed by atoms with Gasteiger partial charge in [0.2, 0.25) is 0 Å². The van der Waals surface area contributed by atoms with Crippen molar-refractivity contribution in [3.8, 4) is 0 Å². The summed E-state index contributed by atoms with van der Waals surface area (Å²) in [5.41, 5.74) is 8.29. The van der Waals surface area contributed by atoms with Gasteiger partial charge in [-0.05, 0) is 42.4 Å². The van der Waals surface area contributed by atoms with Crippen LogP contribution in [-0.2, 0) is 12.8 Å². The molecule has 0 aliphatic heterocycles. The molecule has 0 unspecified atom stereocenters. The van der Waals surface area contributed by atoms with Crippen molar-refractivity contribution in [1.82, 2.24) is 5.32 Å². The average Bonchev–Trinajstić information content (AvgIpc) is 2.97. The fraction of sp³-hybridized carbons (Fsp3) is 0.278. The molecule has 6 nitrogen and oxygen atoms in total. The van der Waals surface area contributed by atoms with Crippen molar-refractivity contribution in [3.05, 3.63) is 69.3 Å². The Morgan fingerprint density at radius 3 is 2.46 bits per heavy atom. The first-order valence-electron chi connectivity index (χ1n) is 7.94. The van der Waals surface area contributed by atoms with Crippen LogP contribution in [0.25, 0.3) is 0 Å². The summed E-state index contributed by atoms with van der Waals surface area (Å²) in [5, 5.41) is 13.8. The molecule has 3 rings (SSSR count). The maximum atomic E-state index is 12.3. The van der Waals surface area contributed by atoms with E-state index in [1.807, 2.05) is 12.1 Å². The third-order valence-corrected chi connectivity index (χ3v) is 4.47. The Hall–Kier alpha value is -2.89. The van der Waals surface area contributed by atoms with Crippen molar-refractivity contribution in [3.63, 3.8) is 0 Å². The highest BCUT2D eigenvalue weighted by atomic mass is 16.6. The zero-order valence-electron chi connectivity index (χ0n) is 13.2. The molecule has 0 atom stereocenters. The van der Waals surface area contributed by atoms with Crippen LogP contribution in [0.5, 0.6) is 0 Å². The van der Waals surface area contributed by atoms with Gasteiger partial charge in [0.05, 0.1) is 10.6 Å². The number of nitrogens with one attached hydrogen (secondary N) is 1. The lowest BCUT2D eigenvalue weighted by molar-refractivity contribution is -0.385. The Bertz CT molecular complexity index is 764. The lowest BCUT2D eigenvalue weighted by Gasteiger charge is -2.11. The first-order valence-corrected chi connectivity index (χ1v) is 7.94. The number of carbonyl (C=O) groups excluding carboxylic acids is 1. The Balaban J connectivity index is 1.59. The van der Waals surface area contributed by atoms with Crippen LogP contribution >= 0.6 is 0 Å². The van der Waals surface area contributed by atoms with E-state index in [1.165, 1.54) is 29.3 Å². The molecule has 2 aromatic rings. The standard InChI is InChI=1S/C18H19N3O3/c19-15-6-3-7-16(21(23)24)17(15)18(22)20-9-8-12-10-13-4-1-2-5-14(13)11-12/h1-7,12H,8-11,19H2,(H,20,22). The maximum Gasteiger partial charge on any atom is 0.284 e. The minimum absolute atomic E-state index is 0.0581.